The summed E-state index contributed by atoms with van der Waals surface area (Å²) in [4.78, 5) is 24.3. The van der Waals surface area contributed by atoms with Gasteiger partial charge in [-0.1, -0.05) is 60.3 Å². The molecule has 0 aromatic heterocycles. The van der Waals surface area contributed by atoms with Gasteiger partial charge < -0.3 is 15.4 Å². The lowest BCUT2D eigenvalue weighted by atomic mass is 10.2. The molecule has 2 aromatic carbocycles. The van der Waals surface area contributed by atoms with Gasteiger partial charge in [0.15, 0.2) is 5.17 Å². The van der Waals surface area contributed by atoms with E-state index in [0.29, 0.717) is 17.5 Å². The first-order valence-electron chi connectivity index (χ1n) is 8.68. The summed E-state index contributed by atoms with van der Waals surface area (Å²) >= 11 is 1.20. The van der Waals surface area contributed by atoms with Crippen LogP contribution in [0.5, 0.6) is 5.75 Å². The van der Waals surface area contributed by atoms with Crippen molar-refractivity contribution in [2.75, 3.05) is 7.11 Å². The molecule has 144 valence electrons. The maximum Gasteiger partial charge on any atom is 0.240 e. The second kappa shape index (κ2) is 9.70. The van der Waals surface area contributed by atoms with Crippen LogP contribution >= 0.6 is 11.8 Å². The molecule has 0 aliphatic carbocycles. The van der Waals surface area contributed by atoms with Crippen LogP contribution in [0.4, 0.5) is 0 Å². The van der Waals surface area contributed by atoms with Gasteiger partial charge in [-0.3, -0.25) is 9.59 Å². The van der Waals surface area contributed by atoms with Gasteiger partial charge in [0, 0.05) is 18.5 Å². The molecule has 1 aliphatic heterocycles. The lowest BCUT2D eigenvalue weighted by Gasteiger charge is -2.10. The van der Waals surface area contributed by atoms with Crippen molar-refractivity contribution in [1.82, 2.24) is 10.6 Å². The van der Waals surface area contributed by atoms with Crippen LogP contribution < -0.4 is 15.4 Å². The fourth-order valence-electron chi connectivity index (χ4n) is 2.56. The SMILES string of the molecule is COc1ccccc1CNC(=O)C[C@@H]1S/C(=N/N=C\c2ccccc2)NC1=O. The van der Waals surface area contributed by atoms with E-state index in [2.05, 4.69) is 20.8 Å². The van der Waals surface area contributed by atoms with Crippen LogP contribution in [0.1, 0.15) is 17.5 Å². The third-order valence-corrected chi connectivity index (χ3v) is 5.04. The van der Waals surface area contributed by atoms with Gasteiger partial charge in [-0.2, -0.15) is 5.10 Å². The number of hydrogen-bond acceptors (Lipinski definition) is 6. The Labute approximate surface area is 167 Å². The summed E-state index contributed by atoms with van der Waals surface area (Å²) in [7, 11) is 1.58. The van der Waals surface area contributed by atoms with Gasteiger partial charge in [0.25, 0.3) is 0 Å². The lowest BCUT2D eigenvalue weighted by molar-refractivity contribution is -0.125. The number of para-hydroxylation sites is 1. The summed E-state index contributed by atoms with van der Waals surface area (Å²) in [6.07, 6.45) is 1.67. The van der Waals surface area contributed by atoms with Crippen molar-refractivity contribution in [2.24, 2.45) is 10.2 Å². The van der Waals surface area contributed by atoms with Gasteiger partial charge in [0.2, 0.25) is 11.8 Å². The predicted octanol–water partition coefficient (Wildman–Crippen LogP) is 2.32. The molecule has 0 spiro atoms. The Morgan fingerprint density at radius 3 is 2.75 bits per heavy atom. The van der Waals surface area contributed by atoms with E-state index >= 15 is 0 Å². The van der Waals surface area contributed by atoms with Gasteiger partial charge in [0.1, 0.15) is 11.0 Å². The summed E-state index contributed by atoms with van der Waals surface area (Å²) in [5.74, 6) is 0.250. The molecule has 1 fully saturated rings. The van der Waals surface area contributed by atoms with Crippen LogP contribution in [0.25, 0.3) is 0 Å². The Kier molecular flexibility index (Phi) is 6.80. The van der Waals surface area contributed by atoms with Crippen LogP contribution in [-0.2, 0) is 16.1 Å². The minimum atomic E-state index is -0.525. The highest BCUT2D eigenvalue weighted by Gasteiger charge is 2.32. The zero-order valence-corrected chi connectivity index (χ0v) is 16.1. The zero-order valence-electron chi connectivity index (χ0n) is 15.3. The molecule has 2 N–H and O–H groups in total. The number of rotatable bonds is 7. The highest BCUT2D eigenvalue weighted by atomic mass is 32.2. The van der Waals surface area contributed by atoms with E-state index in [9.17, 15) is 9.59 Å². The Bertz CT molecular complexity index is 899. The number of hydrogen-bond donors (Lipinski definition) is 2. The molecule has 0 unspecified atom stereocenters. The second-order valence-electron chi connectivity index (χ2n) is 5.95. The minimum absolute atomic E-state index is 0.0626. The van der Waals surface area contributed by atoms with E-state index in [-0.39, 0.29) is 18.2 Å². The molecule has 1 heterocycles. The molecule has 0 saturated carbocycles. The molecule has 0 radical (unpaired) electrons. The van der Waals surface area contributed by atoms with E-state index in [1.807, 2.05) is 54.6 Å². The van der Waals surface area contributed by atoms with Gasteiger partial charge in [-0.25, -0.2) is 0 Å². The number of nitrogens with one attached hydrogen (secondary N) is 2. The molecule has 2 aromatic rings. The maximum atomic E-state index is 12.2. The number of carbonyl (C=O) groups excluding carboxylic acids is 2. The smallest absolute Gasteiger partial charge is 0.240 e. The monoisotopic (exact) mass is 396 g/mol. The second-order valence-corrected chi connectivity index (χ2v) is 7.14. The fraction of sp³-hybridized carbons (Fsp3) is 0.200. The molecule has 8 heteroatoms. The predicted molar refractivity (Wildman–Crippen MR) is 110 cm³/mol. The quantitative estimate of drug-likeness (QED) is 0.555. The van der Waals surface area contributed by atoms with E-state index in [4.69, 9.17) is 4.74 Å². The van der Waals surface area contributed by atoms with Crippen LogP contribution in [0.2, 0.25) is 0 Å². The van der Waals surface area contributed by atoms with Crippen molar-refractivity contribution >= 4 is 35.0 Å². The van der Waals surface area contributed by atoms with Crippen molar-refractivity contribution in [3.63, 3.8) is 0 Å². The Balaban J connectivity index is 1.50. The van der Waals surface area contributed by atoms with Crippen LogP contribution in [0.3, 0.4) is 0 Å². The average Bonchev–Trinajstić information content (AvgIpc) is 3.06. The van der Waals surface area contributed by atoms with Gasteiger partial charge in [-0.15, -0.1) is 5.10 Å². The number of amidine groups is 1. The number of benzene rings is 2. The molecule has 3 rings (SSSR count). The first-order valence-corrected chi connectivity index (χ1v) is 9.56. The highest BCUT2D eigenvalue weighted by Crippen LogP contribution is 2.23. The fourth-order valence-corrected chi connectivity index (χ4v) is 3.48. The van der Waals surface area contributed by atoms with Gasteiger partial charge >= 0.3 is 0 Å². The molecule has 28 heavy (non-hydrogen) atoms. The summed E-state index contributed by atoms with van der Waals surface area (Å²) in [6.45, 7) is 0.337. The van der Waals surface area contributed by atoms with Crippen molar-refractivity contribution in [2.45, 2.75) is 18.2 Å². The van der Waals surface area contributed by atoms with Gasteiger partial charge in [-0.05, 0) is 11.6 Å². The number of ether oxygens (including phenoxy) is 1. The third-order valence-electron chi connectivity index (χ3n) is 3.97. The number of amides is 2. The standard InChI is InChI=1S/C20H20N4O3S/c1-27-16-10-6-5-9-15(16)13-21-18(25)11-17-19(26)23-20(28-17)24-22-12-14-7-3-2-4-8-14/h2-10,12,17H,11,13H2,1H3,(H,21,25)(H,23,24,26)/b22-12-/t17-/m0/s1. The van der Waals surface area contributed by atoms with E-state index in [0.717, 1.165) is 11.1 Å². The molecule has 1 saturated heterocycles. The van der Waals surface area contributed by atoms with Crippen LogP contribution in [0, 0.1) is 0 Å². The highest BCUT2D eigenvalue weighted by molar-refractivity contribution is 8.15. The summed E-state index contributed by atoms with van der Waals surface area (Å²) in [5, 5.41) is 13.3. The Morgan fingerprint density at radius 2 is 1.96 bits per heavy atom. The minimum Gasteiger partial charge on any atom is -0.496 e. The van der Waals surface area contributed by atoms with Crippen molar-refractivity contribution in [3.8, 4) is 5.75 Å². The van der Waals surface area contributed by atoms with E-state index in [1.165, 1.54) is 11.8 Å². The molecule has 1 atom stereocenters. The Hall–Kier alpha value is -3.13. The zero-order chi connectivity index (χ0) is 19.8. The molecule has 1 aliphatic rings. The molecular formula is C20H20N4O3S. The molecule has 7 nitrogen and oxygen atoms in total. The van der Waals surface area contributed by atoms with Crippen molar-refractivity contribution in [1.29, 1.82) is 0 Å². The average molecular weight is 396 g/mol. The van der Waals surface area contributed by atoms with Gasteiger partial charge in [0.05, 0.1) is 13.3 Å². The van der Waals surface area contributed by atoms with Crippen molar-refractivity contribution < 1.29 is 14.3 Å². The normalized spacial score (nSPS) is 17.7. The first kappa shape index (κ1) is 19.6. The number of nitrogens with zero attached hydrogens (tertiary/aromatic N) is 2. The summed E-state index contributed by atoms with van der Waals surface area (Å²) < 4.78 is 5.26. The molecular weight excluding hydrogens is 376 g/mol. The van der Waals surface area contributed by atoms with Crippen LogP contribution in [-0.4, -0.2) is 35.6 Å². The summed E-state index contributed by atoms with van der Waals surface area (Å²) in [5.41, 5.74) is 1.79. The number of methoxy groups -OCH3 is 1. The lowest BCUT2D eigenvalue weighted by Crippen LogP contribution is -2.31. The summed E-state index contributed by atoms with van der Waals surface area (Å²) in [6, 6.07) is 17.0. The van der Waals surface area contributed by atoms with E-state index < -0.39 is 5.25 Å². The van der Waals surface area contributed by atoms with E-state index in [1.54, 1.807) is 13.3 Å². The first-order chi connectivity index (χ1) is 13.7. The topological polar surface area (TPSA) is 92.2 Å². The van der Waals surface area contributed by atoms with Crippen molar-refractivity contribution in [3.05, 3.63) is 65.7 Å². The Morgan fingerprint density at radius 1 is 1.21 bits per heavy atom. The maximum absolute atomic E-state index is 12.2. The number of carbonyl (C=O) groups is 2. The number of thioether (sulfide) groups is 1. The molecule has 2 amide bonds. The largest absolute Gasteiger partial charge is 0.496 e. The third kappa shape index (κ3) is 5.43. The van der Waals surface area contributed by atoms with Crippen LogP contribution in [0.15, 0.2) is 64.8 Å². The molecule has 0 bridgehead atoms.